The Morgan fingerprint density at radius 3 is 2.69 bits per heavy atom. The van der Waals surface area contributed by atoms with Crippen LogP contribution in [0.4, 0.5) is 5.82 Å². The zero-order chi connectivity index (χ0) is 25.9. The van der Waals surface area contributed by atoms with Gasteiger partial charge in [-0.2, -0.15) is 0 Å². The number of nitrogen functional groups attached to an aromatic ring is 1. The SMILES string of the molecule is CC=C(C)C(=O)O[C@H]1[C@H](O)[C@@H](C(=O)O)O[C@H]2C[C@H]3O[C@@H](n4cnc5c(N)ncnc54)[C@H](O)[C@H]3O[C@]21O. The predicted octanol–water partition coefficient (Wildman–Crippen LogP) is -1.76. The minimum Gasteiger partial charge on any atom is -0.479 e. The van der Waals surface area contributed by atoms with Crippen molar-refractivity contribution < 1.29 is 49.0 Å². The van der Waals surface area contributed by atoms with Crippen molar-refractivity contribution in [3.8, 4) is 0 Å². The van der Waals surface area contributed by atoms with Crippen molar-refractivity contribution in [1.29, 1.82) is 0 Å². The van der Waals surface area contributed by atoms with Crippen LogP contribution in [-0.2, 0) is 28.5 Å². The summed E-state index contributed by atoms with van der Waals surface area (Å²) in [5, 5.41) is 42.8. The summed E-state index contributed by atoms with van der Waals surface area (Å²) in [6.45, 7) is 3.04. The third-order valence-corrected chi connectivity index (χ3v) is 6.77. The van der Waals surface area contributed by atoms with E-state index in [1.807, 2.05) is 0 Å². The number of ether oxygens (including phenoxy) is 4. The average molecular weight is 507 g/mol. The fraction of sp³-hybridized carbons (Fsp3) is 0.571. The molecular weight excluding hydrogens is 482 g/mol. The summed E-state index contributed by atoms with van der Waals surface area (Å²) in [6, 6.07) is 0. The van der Waals surface area contributed by atoms with E-state index in [9.17, 15) is 30.0 Å². The maximum absolute atomic E-state index is 12.5. The Morgan fingerprint density at radius 1 is 1.25 bits per heavy atom. The molecule has 0 aromatic carbocycles. The zero-order valence-corrected chi connectivity index (χ0v) is 19.2. The van der Waals surface area contributed by atoms with Crippen LogP contribution in [0, 0.1) is 0 Å². The third-order valence-electron chi connectivity index (χ3n) is 6.77. The van der Waals surface area contributed by atoms with Gasteiger partial charge in [0.1, 0.15) is 36.3 Å². The molecule has 0 aliphatic carbocycles. The van der Waals surface area contributed by atoms with E-state index in [0.717, 1.165) is 0 Å². The summed E-state index contributed by atoms with van der Waals surface area (Å²) in [4.78, 5) is 36.4. The van der Waals surface area contributed by atoms with Gasteiger partial charge in [0.25, 0.3) is 0 Å². The molecule has 5 heterocycles. The highest BCUT2D eigenvalue weighted by atomic mass is 16.7. The highest BCUT2D eigenvalue weighted by molar-refractivity contribution is 5.88. The summed E-state index contributed by atoms with van der Waals surface area (Å²) in [6.07, 6.45) is -7.62. The van der Waals surface area contributed by atoms with Gasteiger partial charge in [-0.1, -0.05) is 6.08 Å². The highest BCUT2D eigenvalue weighted by Crippen LogP contribution is 2.47. The normalized spacial score (nSPS) is 38.4. The molecule has 3 fully saturated rings. The first-order valence-corrected chi connectivity index (χ1v) is 11.1. The first-order valence-electron chi connectivity index (χ1n) is 11.1. The Labute approximate surface area is 203 Å². The van der Waals surface area contributed by atoms with Gasteiger partial charge in [-0.25, -0.2) is 24.5 Å². The molecule has 36 heavy (non-hydrogen) atoms. The molecular formula is C21H25N5O10. The van der Waals surface area contributed by atoms with Crippen LogP contribution in [0.2, 0.25) is 0 Å². The topological polar surface area (TPSA) is 222 Å². The van der Waals surface area contributed by atoms with E-state index >= 15 is 0 Å². The second kappa shape index (κ2) is 8.72. The Hall–Kier alpha value is -3.21. The lowest BCUT2D eigenvalue weighted by Crippen LogP contribution is -2.73. The highest BCUT2D eigenvalue weighted by Gasteiger charge is 2.66. The molecule has 5 rings (SSSR count). The van der Waals surface area contributed by atoms with E-state index in [1.165, 1.54) is 30.2 Å². The molecule has 0 saturated carbocycles. The van der Waals surface area contributed by atoms with Crippen LogP contribution in [0.1, 0.15) is 26.5 Å². The van der Waals surface area contributed by atoms with Gasteiger partial charge >= 0.3 is 11.9 Å². The average Bonchev–Trinajstić information content (AvgIpc) is 3.40. The van der Waals surface area contributed by atoms with Crippen molar-refractivity contribution in [2.45, 2.75) is 75.0 Å². The second-order valence-electron chi connectivity index (χ2n) is 8.88. The maximum Gasteiger partial charge on any atom is 0.335 e. The second-order valence-corrected chi connectivity index (χ2v) is 8.88. The van der Waals surface area contributed by atoms with Crippen molar-refractivity contribution >= 4 is 28.9 Å². The van der Waals surface area contributed by atoms with Crippen LogP contribution < -0.4 is 5.73 Å². The molecule has 6 N–H and O–H groups in total. The lowest BCUT2D eigenvalue weighted by Gasteiger charge is -2.52. The summed E-state index contributed by atoms with van der Waals surface area (Å²) < 4.78 is 24.0. The summed E-state index contributed by atoms with van der Waals surface area (Å²) in [5.74, 6) is -4.78. The maximum atomic E-state index is 12.5. The summed E-state index contributed by atoms with van der Waals surface area (Å²) in [7, 11) is 0. The molecule has 2 aromatic heterocycles. The molecule has 15 nitrogen and oxygen atoms in total. The number of aliphatic hydroxyl groups excluding tert-OH is 2. The number of nitrogens with zero attached hydrogens (tertiary/aromatic N) is 4. The van der Waals surface area contributed by atoms with Crippen molar-refractivity contribution in [1.82, 2.24) is 19.5 Å². The molecule has 0 radical (unpaired) electrons. The van der Waals surface area contributed by atoms with Crippen LogP contribution in [-0.4, -0.2) is 100 Å². The molecule has 15 heteroatoms. The van der Waals surface area contributed by atoms with Gasteiger partial charge in [0.05, 0.1) is 12.4 Å². The monoisotopic (exact) mass is 507 g/mol. The van der Waals surface area contributed by atoms with Gasteiger partial charge in [-0.3, -0.25) is 4.57 Å². The summed E-state index contributed by atoms with van der Waals surface area (Å²) >= 11 is 0. The number of aliphatic hydroxyl groups is 3. The lowest BCUT2D eigenvalue weighted by molar-refractivity contribution is -0.396. The first kappa shape index (κ1) is 24.5. The standard InChI is InChI=1S/C21H25N5O10/c1-3-7(2)20(31)35-15-11(27)14(19(29)30)34-9-4-8-13(36-21(9,15)32)12(28)18(33-8)26-6-25-10-16(22)23-5-24-17(10)26/h3,5-6,8-9,11-15,18,27-28,32H,4H2,1-2H3,(H,29,30)(H2,22,23,24)/t8-,9+,11-,12-,13+,14+,15+,18-,21-/m1/s1. The number of carboxylic acid groups (broad SMARTS) is 1. The number of aliphatic carboxylic acids is 1. The lowest BCUT2D eigenvalue weighted by atomic mass is 9.84. The minimum atomic E-state index is -2.49. The number of rotatable bonds is 4. The van der Waals surface area contributed by atoms with Crippen LogP contribution in [0.25, 0.3) is 11.2 Å². The number of carboxylic acids is 1. The van der Waals surface area contributed by atoms with Crippen molar-refractivity contribution in [3.05, 3.63) is 24.3 Å². The molecule has 0 bridgehead atoms. The fourth-order valence-corrected chi connectivity index (χ4v) is 4.76. The number of aromatic nitrogens is 4. The van der Waals surface area contributed by atoms with Gasteiger partial charge < -0.3 is 45.1 Å². The molecule has 2 aromatic rings. The molecule has 3 saturated heterocycles. The van der Waals surface area contributed by atoms with Crippen LogP contribution in [0.15, 0.2) is 24.3 Å². The number of hydrogen-bond donors (Lipinski definition) is 5. The Morgan fingerprint density at radius 2 is 2.00 bits per heavy atom. The van der Waals surface area contributed by atoms with Gasteiger partial charge in [0, 0.05) is 12.0 Å². The number of imidazole rings is 1. The molecule has 3 aliphatic heterocycles. The Balaban J connectivity index is 1.47. The van der Waals surface area contributed by atoms with Gasteiger partial charge in [0.15, 0.2) is 29.9 Å². The number of esters is 1. The Kier molecular flexibility index (Phi) is 5.93. The van der Waals surface area contributed by atoms with Crippen LogP contribution in [0.3, 0.4) is 0 Å². The smallest absolute Gasteiger partial charge is 0.335 e. The van der Waals surface area contributed by atoms with E-state index in [0.29, 0.717) is 5.52 Å². The first-order chi connectivity index (χ1) is 17.1. The number of nitrogens with two attached hydrogens (primary N) is 1. The predicted molar refractivity (Wildman–Crippen MR) is 116 cm³/mol. The third kappa shape index (κ3) is 3.63. The van der Waals surface area contributed by atoms with E-state index in [-0.39, 0.29) is 23.5 Å². The zero-order valence-electron chi connectivity index (χ0n) is 19.2. The van der Waals surface area contributed by atoms with Crippen LogP contribution >= 0.6 is 0 Å². The number of carbonyl (C=O) groups excluding carboxylic acids is 1. The molecule has 0 amide bonds. The molecule has 194 valence electrons. The van der Waals surface area contributed by atoms with E-state index < -0.39 is 66.7 Å². The molecule has 0 spiro atoms. The largest absolute Gasteiger partial charge is 0.479 e. The van der Waals surface area contributed by atoms with Gasteiger partial charge in [0.2, 0.25) is 5.79 Å². The molecule has 9 atom stereocenters. The van der Waals surface area contributed by atoms with E-state index in [1.54, 1.807) is 6.92 Å². The number of allylic oxidation sites excluding steroid dienone is 1. The van der Waals surface area contributed by atoms with Gasteiger partial charge in [-0.15, -0.1) is 0 Å². The number of carbonyl (C=O) groups is 2. The number of hydrogen-bond acceptors (Lipinski definition) is 13. The minimum absolute atomic E-state index is 0.128. The molecule has 3 aliphatic rings. The van der Waals surface area contributed by atoms with Gasteiger partial charge in [-0.05, 0) is 13.8 Å². The Bertz CT molecular complexity index is 1230. The van der Waals surface area contributed by atoms with E-state index in [4.69, 9.17) is 24.7 Å². The molecule has 0 unspecified atom stereocenters. The fourth-order valence-electron chi connectivity index (χ4n) is 4.76. The van der Waals surface area contributed by atoms with Crippen molar-refractivity contribution in [2.75, 3.05) is 5.73 Å². The number of fused-ring (bicyclic) bond motifs is 3. The van der Waals surface area contributed by atoms with Crippen LogP contribution in [0.5, 0.6) is 0 Å². The van der Waals surface area contributed by atoms with E-state index in [2.05, 4.69) is 15.0 Å². The van der Waals surface area contributed by atoms with Crippen molar-refractivity contribution in [2.24, 2.45) is 0 Å². The number of anilines is 1. The quantitative estimate of drug-likeness (QED) is 0.228. The summed E-state index contributed by atoms with van der Waals surface area (Å²) in [5.41, 5.74) is 6.57. The van der Waals surface area contributed by atoms with Crippen molar-refractivity contribution in [3.63, 3.8) is 0 Å².